The Morgan fingerprint density at radius 2 is 1.93 bits per heavy atom. The zero-order valence-corrected chi connectivity index (χ0v) is 17.9. The maximum Gasteiger partial charge on any atom is 0.343 e. The lowest BCUT2D eigenvalue weighted by Gasteiger charge is -2.30. The van der Waals surface area contributed by atoms with Gasteiger partial charge < -0.3 is 14.8 Å². The second-order valence-electron chi connectivity index (χ2n) is 7.24. The van der Waals surface area contributed by atoms with Crippen LogP contribution in [-0.4, -0.2) is 42.2 Å². The van der Waals surface area contributed by atoms with Crippen molar-refractivity contribution in [3.63, 3.8) is 0 Å². The molecule has 2 unspecified atom stereocenters. The van der Waals surface area contributed by atoms with Crippen LogP contribution >= 0.6 is 11.6 Å². The Hall–Kier alpha value is -2.67. The molecule has 3 rings (SSSR count). The lowest BCUT2D eigenvalue weighted by Crippen LogP contribution is -2.33. The standard InChI is InChI=1S/C22H26ClN3O4/c1-3-30-22(28)18-13-25-19(14-8-10-16(23)11-9-14)26-20(18)24-12-15-6-4-5-7-17(15)21(27)29-2/h8-11,13,15,17H,3-7,12H2,1-2H3,(H,24,25,26). The van der Waals surface area contributed by atoms with Crippen LogP contribution in [0.2, 0.25) is 5.02 Å². The van der Waals surface area contributed by atoms with Crippen LogP contribution < -0.4 is 5.32 Å². The number of carbonyl (C=O) groups excluding carboxylic acids is 2. The highest BCUT2D eigenvalue weighted by molar-refractivity contribution is 6.30. The molecule has 1 N–H and O–H groups in total. The Balaban J connectivity index is 1.85. The van der Waals surface area contributed by atoms with E-state index in [0.29, 0.717) is 23.2 Å². The third-order valence-corrected chi connectivity index (χ3v) is 5.58. The van der Waals surface area contributed by atoms with Crippen LogP contribution in [0.4, 0.5) is 5.82 Å². The van der Waals surface area contributed by atoms with Crippen LogP contribution in [-0.2, 0) is 14.3 Å². The molecule has 1 aromatic carbocycles. The maximum absolute atomic E-state index is 12.4. The lowest BCUT2D eigenvalue weighted by atomic mass is 9.79. The third-order valence-electron chi connectivity index (χ3n) is 5.33. The van der Waals surface area contributed by atoms with Gasteiger partial charge in [0.1, 0.15) is 11.4 Å². The molecule has 2 atom stereocenters. The second-order valence-corrected chi connectivity index (χ2v) is 7.67. The second kappa shape index (κ2) is 10.4. The molecule has 160 valence electrons. The topological polar surface area (TPSA) is 90.4 Å². The highest BCUT2D eigenvalue weighted by atomic mass is 35.5. The number of benzene rings is 1. The van der Waals surface area contributed by atoms with E-state index in [1.54, 1.807) is 19.1 Å². The van der Waals surface area contributed by atoms with Gasteiger partial charge in [0.2, 0.25) is 0 Å². The van der Waals surface area contributed by atoms with E-state index in [2.05, 4.69) is 15.3 Å². The molecule has 0 saturated heterocycles. The number of methoxy groups -OCH3 is 1. The molecule has 2 aromatic rings. The minimum Gasteiger partial charge on any atom is -0.469 e. The smallest absolute Gasteiger partial charge is 0.343 e. The minimum absolute atomic E-state index is 0.107. The fourth-order valence-corrected chi connectivity index (χ4v) is 3.88. The molecule has 1 aromatic heterocycles. The molecular formula is C22H26ClN3O4. The first kappa shape index (κ1) is 22.0. The molecule has 1 saturated carbocycles. The number of esters is 2. The van der Waals surface area contributed by atoms with E-state index in [4.69, 9.17) is 21.1 Å². The number of anilines is 1. The highest BCUT2D eigenvalue weighted by Gasteiger charge is 2.32. The summed E-state index contributed by atoms with van der Waals surface area (Å²) in [6, 6.07) is 7.16. The van der Waals surface area contributed by atoms with Gasteiger partial charge in [0.15, 0.2) is 5.82 Å². The van der Waals surface area contributed by atoms with Gasteiger partial charge in [0.05, 0.1) is 19.6 Å². The van der Waals surface area contributed by atoms with Crippen molar-refractivity contribution in [3.05, 3.63) is 41.0 Å². The number of hydrogen-bond donors (Lipinski definition) is 1. The average Bonchev–Trinajstić information content (AvgIpc) is 2.78. The Bertz CT molecular complexity index is 888. The summed E-state index contributed by atoms with van der Waals surface area (Å²) in [6.07, 6.45) is 5.26. The van der Waals surface area contributed by atoms with Crippen molar-refractivity contribution < 1.29 is 19.1 Å². The van der Waals surface area contributed by atoms with Gasteiger partial charge in [0, 0.05) is 23.3 Å². The Morgan fingerprint density at radius 1 is 1.20 bits per heavy atom. The molecule has 0 bridgehead atoms. The van der Waals surface area contributed by atoms with E-state index < -0.39 is 5.97 Å². The first-order valence-electron chi connectivity index (χ1n) is 10.1. The van der Waals surface area contributed by atoms with Crippen molar-refractivity contribution in [1.29, 1.82) is 0 Å². The summed E-state index contributed by atoms with van der Waals surface area (Å²) in [7, 11) is 1.42. The number of ether oxygens (including phenoxy) is 2. The van der Waals surface area contributed by atoms with E-state index in [-0.39, 0.29) is 30.0 Å². The fraction of sp³-hybridized carbons (Fsp3) is 0.455. The van der Waals surface area contributed by atoms with Gasteiger partial charge in [0.25, 0.3) is 0 Å². The largest absolute Gasteiger partial charge is 0.469 e. The molecule has 0 amide bonds. The summed E-state index contributed by atoms with van der Waals surface area (Å²) >= 11 is 5.97. The van der Waals surface area contributed by atoms with E-state index >= 15 is 0 Å². The molecule has 1 aliphatic rings. The summed E-state index contributed by atoms with van der Waals surface area (Å²) in [5.74, 6) is 0.139. The normalized spacial score (nSPS) is 18.5. The van der Waals surface area contributed by atoms with E-state index in [1.807, 2.05) is 12.1 Å². The Kier molecular flexibility index (Phi) is 7.63. The van der Waals surface area contributed by atoms with Crippen LogP contribution in [0.5, 0.6) is 0 Å². The maximum atomic E-state index is 12.4. The SMILES string of the molecule is CCOC(=O)c1cnc(-c2ccc(Cl)cc2)nc1NCC1CCCCC1C(=O)OC. The van der Waals surface area contributed by atoms with Gasteiger partial charge >= 0.3 is 11.9 Å². The Morgan fingerprint density at radius 3 is 2.63 bits per heavy atom. The summed E-state index contributed by atoms with van der Waals surface area (Å²) < 4.78 is 10.1. The molecule has 1 aliphatic carbocycles. The first-order valence-corrected chi connectivity index (χ1v) is 10.5. The van der Waals surface area contributed by atoms with Crippen molar-refractivity contribution >= 4 is 29.4 Å². The van der Waals surface area contributed by atoms with Gasteiger partial charge in [-0.3, -0.25) is 4.79 Å². The molecule has 1 fully saturated rings. The molecule has 0 aliphatic heterocycles. The van der Waals surface area contributed by atoms with Crippen LogP contribution in [0.25, 0.3) is 11.4 Å². The zero-order chi connectivity index (χ0) is 21.5. The highest BCUT2D eigenvalue weighted by Crippen LogP contribution is 2.31. The van der Waals surface area contributed by atoms with Crippen molar-refractivity contribution in [1.82, 2.24) is 9.97 Å². The molecular weight excluding hydrogens is 406 g/mol. The summed E-state index contributed by atoms with van der Waals surface area (Å²) in [6.45, 7) is 2.50. The fourth-order valence-electron chi connectivity index (χ4n) is 3.75. The molecule has 8 heteroatoms. The third kappa shape index (κ3) is 5.27. The Labute approximate surface area is 181 Å². The average molecular weight is 432 g/mol. The van der Waals surface area contributed by atoms with Gasteiger partial charge in [-0.1, -0.05) is 24.4 Å². The van der Waals surface area contributed by atoms with Crippen LogP contribution in [0, 0.1) is 11.8 Å². The van der Waals surface area contributed by atoms with Gasteiger partial charge in [-0.2, -0.15) is 0 Å². The summed E-state index contributed by atoms with van der Waals surface area (Å²) in [4.78, 5) is 33.4. The monoisotopic (exact) mass is 431 g/mol. The molecule has 1 heterocycles. The number of nitrogens with zero attached hydrogens (tertiary/aromatic N) is 2. The van der Waals surface area contributed by atoms with Crippen molar-refractivity contribution in [2.75, 3.05) is 25.6 Å². The quantitative estimate of drug-likeness (QED) is 0.651. The minimum atomic E-state index is -0.490. The number of rotatable bonds is 7. The summed E-state index contributed by atoms with van der Waals surface area (Å²) in [5.41, 5.74) is 1.04. The van der Waals surface area contributed by atoms with Crippen LogP contribution in [0.15, 0.2) is 30.5 Å². The van der Waals surface area contributed by atoms with E-state index in [0.717, 1.165) is 31.2 Å². The number of aromatic nitrogens is 2. The number of nitrogens with one attached hydrogen (secondary N) is 1. The molecule has 0 radical (unpaired) electrons. The number of carbonyl (C=O) groups is 2. The number of hydrogen-bond acceptors (Lipinski definition) is 7. The van der Waals surface area contributed by atoms with Gasteiger partial charge in [-0.15, -0.1) is 0 Å². The van der Waals surface area contributed by atoms with E-state index in [9.17, 15) is 9.59 Å². The van der Waals surface area contributed by atoms with Crippen molar-refractivity contribution in [3.8, 4) is 11.4 Å². The molecule has 0 spiro atoms. The predicted octanol–water partition coefficient (Wildman–Crippen LogP) is 4.37. The lowest BCUT2D eigenvalue weighted by molar-refractivity contribution is -0.148. The van der Waals surface area contributed by atoms with Crippen LogP contribution in [0.3, 0.4) is 0 Å². The summed E-state index contributed by atoms with van der Waals surface area (Å²) in [5, 5.41) is 3.88. The van der Waals surface area contributed by atoms with E-state index in [1.165, 1.54) is 13.3 Å². The molecule has 30 heavy (non-hydrogen) atoms. The predicted molar refractivity (Wildman–Crippen MR) is 114 cm³/mol. The number of halogens is 1. The van der Waals surface area contributed by atoms with Crippen molar-refractivity contribution in [2.24, 2.45) is 11.8 Å². The first-order chi connectivity index (χ1) is 14.5. The van der Waals surface area contributed by atoms with Crippen LogP contribution in [0.1, 0.15) is 43.0 Å². The van der Waals surface area contributed by atoms with Gasteiger partial charge in [-0.25, -0.2) is 14.8 Å². The van der Waals surface area contributed by atoms with Gasteiger partial charge in [-0.05, 0) is 49.9 Å². The van der Waals surface area contributed by atoms with Crippen molar-refractivity contribution in [2.45, 2.75) is 32.6 Å². The zero-order valence-electron chi connectivity index (χ0n) is 17.2. The molecule has 7 nitrogen and oxygen atoms in total.